The fourth-order valence-corrected chi connectivity index (χ4v) is 2.69. The van der Waals surface area contributed by atoms with Crippen molar-refractivity contribution in [2.45, 2.75) is 31.8 Å². The lowest BCUT2D eigenvalue weighted by molar-refractivity contribution is -0.113. The Balaban J connectivity index is 1.72. The Kier molecular flexibility index (Phi) is 4.31. The van der Waals surface area contributed by atoms with E-state index < -0.39 is 0 Å². The van der Waals surface area contributed by atoms with Crippen LogP contribution in [0.25, 0.3) is 11.5 Å². The highest BCUT2D eigenvalue weighted by molar-refractivity contribution is 6.30. The molecule has 0 amide bonds. The summed E-state index contributed by atoms with van der Waals surface area (Å²) in [6.07, 6.45) is 4.11. The van der Waals surface area contributed by atoms with Crippen LogP contribution in [0.15, 0.2) is 28.7 Å². The SMILES string of the molecule is O=CC1CCCCN1Cc1nnc(-c2ccc(Cl)cc2)o1. The Bertz CT molecular complexity index is 612. The molecule has 0 N–H and O–H groups in total. The first-order valence-corrected chi connectivity index (χ1v) is 7.42. The summed E-state index contributed by atoms with van der Waals surface area (Å²) in [5, 5.41) is 8.80. The van der Waals surface area contributed by atoms with E-state index in [4.69, 9.17) is 16.0 Å². The maximum atomic E-state index is 11.1. The molecule has 21 heavy (non-hydrogen) atoms. The molecule has 110 valence electrons. The smallest absolute Gasteiger partial charge is 0.247 e. The molecule has 6 heteroatoms. The highest BCUT2D eigenvalue weighted by atomic mass is 35.5. The van der Waals surface area contributed by atoms with Gasteiger partial charge in [-0.2, -0.15) is 0 Å². The second-order valence-electron chi connectivity index (χ2n) is 5.18. The van der Waals surface area contributed by atoms with Crippen molar-refractivity contribution in [1.82, 2.24) is 15.1 Å². The number of benzene rings is 1. The van der Waals surface area contributed by atoms with Crippen LogP contribution >= 0.6 is 11.6 Å². The molecule has 1 fully saturated rings. The Hall–Kier alpha value is -1.72. The van der Waals surface area contributed by atoms with Gasteiger partial charge in [-0.3, -0.25) is 4.90 Å². The van der Waals surface area contributed by atoms with Gasteiger partial charge < -0.3 is 9.21 Å². The molecule has 1 unspecified atom stereocenters. The predicted octanol–water partition coefficient (Wildman–Crippen LogP) is 2.94. The van der Waals surface area contributed by atoms with E-state index >= 15 is 0 Å². The topological polar surface area (TPSA) is 59.2 Å². The molecule has 1 aliphatic rings. The normalized spacial score (nSPS) is 19.6. The number of carbonyl (C=O) groups is 1. The van der Waals surface area contributed by atoms with Crippen molar-refractivity contribution in [2.75, 3.05) is 6.54 Å². The quantitative estimate of drug-likeness (QED) is 0.813. The maximum absolute atomic E-state index is 11.1. The van der Waals surface area contributed by atoms with Gasteiger partial charge in [0.1, 0.15) is 6.29 Å². The molecule has 3 rings (SSSR count). The fraction of sp³-hybridized carbons (Fsp3) is 0.400. The summed E-state index contributed by atoms with van der Waals surface area (Å²) in [7, 11) is 0. The summed E-state index contributed by atoms with van der Waals surface area (Å²) in [6.45, 7) is 1.41. The van der Waals surface area contributed by atoms with Crippen molar-refractivity contribution < 1.29 is 9.21 Å². The molecular weight excluding hydrogens is 290 g/mol. The minimum Gasteiger partial charge on any atom is -0.419 e. The molecule has 2 aromatic rings. The Labute approximate surface area is 127 Å². The highest BCUT2D eigenvalue weighted by Crippen LogP contribution is 2.22. The molecule has 5 nitrogen and oxygen atoms in total. The summed E-state index contributed by atoms with van der Waals surface area (Å²) < 4.78 is 5.68. The number of aldehydes is 1. The fourth-order valence-electron chi connectivity index (χ4n) is 2.57. The van der Waals surface area contributed by atoms with Crippen LogP contribution in [-0.4, -0.2) is 34.0 Å². The third kappa shape index (κ3) is 3.31. The number of carbonyl (C=O) groups excluding carboxylic acids is 1. The first-order valence-electron chi connectivity index (χ1n) is 7.04. The van der Waals surface area contributed by atoms with Gasteiger partial charge in [-0.05, 0) is 43.7 Å². The van der Waals surface area contributed by atoms with Crippen LogP contribution in [0.3, 0.4) is 0 Å². The van der Waals surface area contributed by atoms with Crippen LogP contribution < -0.4 is 0 Å². The Morgan fingerprint density at radius 3 is 2.86 bits per heavy atom. The maximum Gasteiger partial charge on any atom is 0.247 e. The van der Waals surface area contributed by atoms with Crippen LogP contribution in [-0.2, 0) is 11.3 Å². The van der Waals surface area contributed by atoms with Crippen LogP contribution in [0.2, 0.25) is 5.02 Å². The molecule has 0 spiro atoms. The number of hydrogen-bond acceptors (Lipinski definition) is 5. The van der Waals surface area contributed by atoms with E-state index in [1.54, 1.807) is 12.1 Å². The second-order valence-corrected chi connectivity index (χ2v) is 5.61. The van der Waals surface area contributed by atoms with Crippen LogP contribution in [0, 0.1) is 0 Å². The van der Waals surface area contributed by atoms with Gasteiger partial charge in [-0.15, -0.1) is 10.2 Å². The van der Waals surface area contributed by atoms with E-state index in [1.165, 1.54) is 0 Å². The molecule has 1 saturated heterocycles. The van der Waals surface area contributed by atoms with E-state index in [0.717, 1.165) is 37.7 Å². The molecule has 0 saturated carbocycles. The highest BCUT2D eigenvalue weighted by Gasteiger charge is 2.23. The third-order valence-corrected chi connectivity index (χ3v) is 3.97. The number of likely N-dealkylation sites (tertiary alicyclic amines) is 1. The van der Waals surface area contributed by atoms with Crippen molar-refractivity contribution in [2.24, 2.45) is 0 Å². The van der Waals surface area contributed by atoms with Gasteiger partial charge in [0.15, 0.2) is 0 Å². The Morgan fingerprint density at radius 1 is 1.29 bits per heavy atom. The van der Waals surface area contributed by atoms with E-state index in [9.17, 15) is 4.79 Å². The number of aromatic nitrogens is 2. The average molecular weight is 306 g/mol. The monoisotopic (exact) mass is 305 g/mol. The van der Waals surface area contributed by atoms with E-state index in [0.29, 0.717) is 23.3 Å². The summed E-state index contributed by atoms with van der Waals surface area (Å²) in [4.78, 5) is 13.2. The van der Waals surface area contributed by atoms with Crippen molar-refractivity contribution in [1.29, 1.82) is 0 Å². The van der Waals surface area contributed by atoms with Gasteiger partial charge in [-0.1, -0.05) is 18.0 Å². The van der Waals surface area contributed by atoms with Crippen molar-refractivity contribution in [3.8, 4) is 11.5 Å². The van der Waals surface area contributed by atoms with Gasteiger partial charge in [0.05, 0.1) is 12.6 Å². The lowest BCUT2D eigenvalue weighted by Crippen LogP contribution is -2.39. The molecule has 1 aromatic heterocycles. The summed E-state index contributed by atoms with van der Waals surface area (Å²) in [5.74, 6) is 1.01. The second kappa shape index (κ2) is 6.37. The Morgan fingerprint density at radius 2 is 2.10 bits per heavy atom. The van der Waals surface area contributed by atoms with Gasteiger partial charge in [0.25, 0.3) is 0 Å². The largest absolute Gasteiger partial charge is 0.419 e. The number of nitrogens with zero attached hydrogens (tertiary/aromatic N) is 3. The number of halogens is 1. The van der Waals surface area contributed by atoms with Gasteiger partial charge in [0, 0.05) is 10.6 Å². The summed E-state index contributed by atoms with van der Waals surface area (Å²) in [6, 6.07) is 7.22. The lowest BCUT2D eigenvalue weighted by Gasteiger charge is -2.30. The van der Waals surface area contributed by atoms with Crippen LogP contribution in [0.1, 0.15) is 25.2 Å². The zero-order valence-electron chi connectivity index (χ0n) is 11.5. The van der Waals surface area contributed by atoms with Crippen LogP contribution in [0.5, 0.6) is 0 Å². The summed E-state index contributed by atoms with van der Waals surface area (Å²) >= 11 is 5.86. The molecule has 1 aromatic carbocycles. The first-order chi connectivity index (χ1) is 10.3. The molecular formula is C15H16ClN3O2. The third-order valence-electron chi connectivity index (χ3n) is 3.72. The van der Waals surface area contributed by atoms with E-state index in [-0.39, 0.29) is 6.04 Å². The molecule has 0 bridgehead atoms. The minimum atomic E-state index is -0.0374. The number of rotatable bonds is 4. The summed E-state index contributed by atoms with van der Waals surface area (Å²) in [5.41, 5.74) is 0.837. The molecule has 0 aliphatic carbocycles. The van der Waals surface area contributed by atoms with E-state index in [2.05, 4.69) is 15.1 Å². The van der Waals surface area contributed by atoms with Crippen LogP contribution in [0.4, 0.5) is 0 Å². The number of piperidine rings is 1. The van der Waals surface area contributed by atoms with E-state index in [1.807, 2.05) is 12.1 Å². The molecule has 1 atom stereocenters. The average Bonchev–Trinajstić information content (AvgIpc) is 2.97. The zero-order valence-corrected chi connectivity index (χ0v) is 12.3. The molecule has 0 radical (unpaired) electrons. The minimum absolute atomic E-state index is 0.0374. The molecule has 2 heterocycles. The molecule has 1 aliphatic heterocycles. The standard InChI is InChI=1S/C15H16ClN3O2/c16-12-6-4-11(5-7-12)15-18-17-14(21-15)9-19-8-2-1-3-13(19)10-20/h4-7,10,13H,1-3,8-9H2. The first kappa shape index (κ1) is 14.2. The van der Waals surface area contributed by atoms with Gasteiger partial charge in [-0.25, -0.2) is 0 Å². The van der Waals surface area contributed by atoms with Gasteiger partial charge in [0.2, 0.25) is 11.8 Å². The lowest BCUT2D eigenvalue weighted by atomic mass is 10.0. The van der Waals surface area contributed by atoms with Crippen molar-refractivity contribution in [3.05, 3.63) is 35.2 Å². The zero-order chi connectivity index (χ0) is 14.7. The van der Waals surface area contributed by atoms with Gasteiger partial charge >= 0.3 is 0 Å². The van der Waals surface area contributed by atoms with Crippen molar-refractivity contribution in [3.63, 3.8) is 0 Å². The van der Waals surface area contributed by atoms with Crippen molar-refractivity contribution >= 4 is 17.9 Å². The predicted molar refractivity (Wildman–Crippen MR) is 78.9 cm³/mol. The number of hydrogen-bond donors (Lipinski definition) is 0.